The zero-order valence-electron chi connectivity index (χ0n) is 18.2. The molecule has 1 aromatic rings. The summed E-state index contributed by atoms with van der Waals surface area (Å²) in [5.74, 6) is 0.610. The number of carboxylic acids is 1. The number of carboxylic acid groups (broad SMARTS) is 1. The predicted octanol–water partition coefficient (Wildman–Crippen LogP) is 4.18. The number of ether oxygens (including phenoxy) is 1. The van der Waals surface area contributed by atoms with Crippen LogP contribution >= 0.6 is 0 Å². The van der Waals surface area contributed by atoms with Gasteiger partial charge in [-0.3, -0.25) is 4.79 Å². The quantitative estimate of drug-likeness (QED) is 0.373. The van der Waals surface area contributed by atoms with Gasteiger partial charge in [-0.1, -0.05) is 49.6 Å². The maximum Gasteiger partial charge on any atom is 0.303 e. The van der Waals surface area contributed by atoms with E-state index in [4.69, 9.17) is 9.84 Å². The molecular weight excluding hydrogens is 378 g/mol. The lowest BCUT2D eigenvalue weighted by atomic mass is 9.75. The maximum atomic E-state index is 10.6. The van der Waals surface area contributed by atoms with Crippen molar-refractivity contribution in [3.8, 4) is 0 Å². The monoisotopic (exact) mass is 417 g/mol. The zero-order chi connectivity index (χ0) is 21.2. The topological polar surface area (TPSA) is 78.8 Å². The van der Waals surface area contributed by atoms with Gasteiger partial charge < -0.3 is 20.3 Å². The van der Waals surface area contributed by atoms with Crippen LogP contribution in [0.15, 0.2) is 30.3 Å². The molecule has 168 valence electrons. The summed E-state index contributed by atoms with van der Waals surface area (Å²) < 4.78 is 6.22. The van der Waals surface area contributed by atoms with E-state index in [1.807, 2.05) is 18.2 Å². The van der Waals surface area contributed by atoms with Crippen molar-refractivity contribution in [3.63, 3.8) is 0 Å². The predicted molar refractivity (Wildman–Crippen MR) is 118 cm³/mol. The van der Waals surface area contributed by atoms with Crippen molar-refractivity contribution in [2.75, 3.05) is 13.1 Å². The van der Waals surface area contributed by atoms with Gasteiger partial charge in [0.2, 0.25) is 0 Å². The summed E-state index contributed by atoms with van der Waals surface area (Å²) in [5.41, 5.74) is 1.28. The Morgan fingerprint density at radius 2 is 1.73 bits per heavy atom. The van der Waals surface area contributed by atoms with Gasteiger partial charge in [-0.25, -0.2) is 0 Å². The Labute approximate surface area is 181 Å². The van der Waals surface area contributed by atoms with Crippen LogP contribution in [-0.4, -0.2) is 47.6 Å². The molecule has 2 aliphatic heterocycles. The second-order valence-electron chi connectivity index (χ2n) is 9.14. The number of carbonyl (C=O) groups is 1. The standard InChI is InChI=1S/C25H39NO4/c27-20(13-12-19-8-4-3-5-9-19)18-26-17-16-22-21(23-14-15-24(22)30-23)10-6-1-2-7-11-25(28)29/h3-5,8-9,20-24,26-27H,1-2,6-7,10-18H2,(H,28,29). The summed E-state index contributed by atoms with van der Waals surface area (Å²) >= 11 is 0. The maximum absolute atomic E-state index is 10.6. The van der Waals surface area contributed by atoms with E-state index in [0.717, 1.165) is 45.1 Å². The molecular formula is C25H39NO4. The number of aryl methyl sites for hydroxylation is 1. The van der Waals surface area contributed by atoms with Gasteiger partial charge >= 0.3 is 5.97 Å². The summed E-state index contributed by atoms with van der Waals surface area (Å²) in [6.07, 6.45) is 11.4. The van der Waals surface area contributed by atoms with E-state index >= 15 is 0 Å². The number of hydrogen-bond acceptors (Lipinski definition) is 4. The Morgan fingerprint density at radius 1 is 1.03 bits per heavy atom. The Balaban J connectivity index is 1.29. The third-order valence-electron chi connectivity index (χ3n) is 6.91. The second-order valence-corrected chi connectivity index (χ2v) is 9.14. The number of benzene rings is 1. The van der Waals surface area contributed by atoms with Crippen molar-refractivity contribution >= 4 is 5.97 Å². The molecule has 0 aromatic heterocycles. The van der Waals surface area contributed by atoms with Gasteiger partial charge in [-0.2, -0.15) is 0 Å². The molecule has 5 unspecified atom stereocenters. The van der Waals surface area contributed by atoms with Crippen LogP contribution in [0.3, 0.4) is 0 Å². The Hall–Kier alpha value is -1.43. The fourth-order valence-electron chi connectivity index (χ4n) is 5.30. The fraction of sp³-hybridized carbons (Fsp3) is 0.720. The number of nitrogens with one attached hydrogen (secondary N) is 1. The highest BCUT2D eigenvalue weighted by Crippen LogP contribution is 2.47. The normalized spacial score (nSPS) is 26.2. The summed E-state index contributed by atoms with van der Waals surface area (Å²) in [5, 5.41) is 22.4. The SMILES string of the molecule is O=C(O)CCCCCCC1C2CCC(O2)C1CCNCC(O)CCc1ccccc1. The van der Waals surface area contributed by atoms with Gasteiger partial charge in [0.1, 0.15) is 0 Å². The molecule has 30 heavy (non-hydrogen) atoms. The number of fused-ring (bicyclic) bond motifs is 2. The van der Waals surface area contributed by atoms with Gasteiger partial charge in [-0.15, -0.1) is 0 Å². The molecule has 5 heteroatoms. The van der Waals surface area contributed by atoms with E-state index in [1.54, 1.807) is 0 Å². The molecule has 1 aromatic carbocycles. The minimum Gasteiger partial charge on any atom is -0.481 e. The highest BCUT2D eigenvalue weighted by molar-refractivity contribution is 5.66. The van der Waals surface area contributed by atoms with E-state index in [0.29, 0.717) is 37.0 Å². The summed E-state index contributed by atoms with van der Waals surface area (Å²) in [7, 11) is 0. The van der Waals surface area contributed by atoms with Crippen LogP contribution in [0.5, 0.6) is 0 Å². The van der Waals surface area contributed by atoms with Gasteiger partial charge in [0.15, 0.2) is 0 Å². The largest absolute Gasteiger partial charge is 0.481 e. The molecule has 0 spiro atoms. The molecule has 0 saturated carbocycles. The zero-order valence-corrected chi connectivity index (χ0v) is 18.2. The van der Waals surface area contributed by atoms with Crippen LogP contribution in [0.4, 0.5) is 0 Å². The van der Waals surface area contributed by atoms with Crippen LogP contribution in [-0.2, 0) is 16.0 Å². The first-order chi connectivity index (χ1) is 14.6. The molecule has 2 bridgehead atoms. The Morgan fingerprint density at radius 3 is 2.47 bits per heavy atom. The minimum absolute atomic E-state index is 0.294. The van der Waals surface area contributed by atoms with Gasteiger partial charge in [0.05, 0.1) is 18.3 Å². The average molecular weight is 418 g/mol. The molecule has 5 nitrogen and oxygen atoms in total. The number of aliphatic hydroxyl groups excluding tert-OH is 1. The molecule has 0 aliphatic carbocycles. The van der Waals surface area contributed by atoms with Crippen molar-refractivity contribution in [2.24, 2.45) is 11.8 Å². The average Bonchev–Trinajstić information content (AvgIpc) is 3.35. The lowest BCUT2D eigenvalue weighted by Crippen LogP contribution is -2.33. The minimum atomic E-state index is -0.686. The molecule has 0 radical (unpaired) electrons. The molecule has 2 aliphatic rings. The van der Waals surface area contributed by atoms with Crippen LogP contribution in [0, 0.1) is 11.8 Å². The molecule has 2 heterocycles. The number of rotatable bonds is 15. The second kappa shape index (κ2) is 12.4. The smallest absolute Gasteiger partial charge is 0.303 e. The molecule has 2 saturated heterocycles. The molecule has 2 fully saturated rings. The fourth-order valence-corrected chi connectivity index (χ4v) is 5.30. The van der Waals surface area contributed by atoms with Crippen LogP contribution in [0.2, 0.25) is 0 Å². The van der Waals surface area contributed by atoms with Crippen molar-refractivity contribution in [3.05, 3.63) is 35.9 Å². The van der Waals surface area contributed by atoms with Crippen molar-refractivity contribution in [1.29, 1.82) is 0 Å². The lowest BCUT2D eigenvalue weighted by Gasteiger charge is -2.28. The van der Waals surface area contributed by atoms with E-state index in [-0.39, 0.29) is 6.10 Å². The van der Waals surface area contributed by atoms with E-state index in [1.165, 1.54) is 31.2 Å². The van der Waals surface area contributed by atoms with Gasteiger partial charge in [0, 0.05) is 13.0 Å². The van der Waals surface area contributed by atoms with Crippen molar-refractivity contribution in [1.82, 2.24) is 5.32 Å². The van der Waals surface area contributed by atoms with Crippen LogP contribution in [0.25, 0.3) is 0 Å². The van der Waals surface area contributed by atoms with E-state index < -0.39 is 5.97 Å². The summed E-state index contributed by atoms with van der Waals surface area (Å²) in [4.78, 5) is 10.6. The summed E-state index contributed by atoms with van der Waals surface area (Å²) in [6, 6.07) is 10.3. The highest BCUT2D eigenvalue weighted by Gasteiger charge is 2.47. The van der Waals surface area contributed by atoms with E-state index in [2.05, 4.69) is 17.4 Å². The summed E-state index contributed by atoms with van der Waals surface area (Å²) in [6.45, 7) is 1.59. The van der Waals surface area contributed by atoms with Crippen LogP contribution < -0.4 is 5.32 Å². The first kappa shape index (κ1) is 23.2. The third-order valence-corrected chi connectivity index (χ3v) is 6.91. The molecule has 5 atom stereocenters. The first-order valence-corrected chi connectivity index (χ1v) is 11.9. The molecule has 3 N–H and O–H groups in total. The van der Waals surface area contributed by atoms with E-state index in [9.17, 15) is 9.90 Å². The van der Waals surface area contributed by atoms with Gasteiger partial charge in [0.25, 0.3) is 0 Å². The van der Waals surface area contributed by atoms with Crippen molar-refractivity contribution in [2.45, 2.75) is 88.9 Å². The number of aliphatic hydroxyl groups is 1. The first-order valence-electron chi connectivity index (χ1n) is 11.9. The Bertz CT molecular complexity index is 623. The number of hydrogen-bond donors (Lipinski definition) is 3. The third kappa shape index (κ3) is 7.36. The lowest BCUT2D eigenvalue weighted by molar-refractivity contribution is -0.137. The van der Waals surface area contributed by atoms with Crippen molar-refractivity contribution < 1.29 is 19.7 Å². The molecule has 3 rings (SSSR count). The number of aliphatic carboxylic acids is 1. The highest BCUT2D eigenvalue weighted by atomic mass is 16.5. The van der Waals surface area contributed by atoms with Gasteiger partial charge in [-0.05, 0) is 68.9 Å². The molecule has 0 amide bonds. The van der Waals surface area contributed by atoms with Crippen LogP contribution in [0.1, 0.15) is 69.8 Å². The Kier molecular flexibility index (Phi) is 9.63. The number of unbranched alkanes of at least 4 members (excludes halogenated alkanes) is 3.